The minimum Gasteiger partial charge on any atom is -0.380 e. The fraction of sp³-hybridized carbons (Fsp3) is 0.700. The second-order valence-corrected chi connectivity index (χ2v) is 7.94. The molecule has 0 radical (unpaired) electrons. The van der Waals surface area contributed by atoms with Crippen LogP contribution in [0.3, 0.4) is 0 Å². The van der Waals surface area contributed by atoms with E-state index in [1.807, 2.05) is 19.2 Å². The smallest absolute Gasteiger partial charge is 0.267 e. The number of ether oxygens (including phenoxy) is 2. The molecule has 1 aromatic rings. The van der Waals surface area contributed by atoms with Crippen molar-refractivity contribution >= 4 is 18.3 Å². The summed E-state index contributed by atoms with van der Waals surface area (Å²) in [7, 11) is 1.81. The predicted molar refractivity (Wildman–Crippen MR) is 105 cm³/mol. The Morgan fingerprint density at radius 1 is 1.30 bits per heavy atom. The third kappa shape index (κ3) is 3.60. The van der Waals surface area contributed by atoms with Gasteiger partial charge in [-0.1, -0.05) is 6.42 Å². The molecule has 6 nitrogen and oxygen atoms in total. The second-order valence-electron chi connectivity index (χ2n) is 7.94. The third-order valence-corrected chi connectivity index (χ3v) is 6.68. The first kappa shape index (κ1) is 20.5. The van der Waals surface area contributed by atoms with E-state index < -0.39 is 5.91 Å². The van der Waals surface area contributed by atoms with Gasteiger partial charge in [0.2, 0.25) is 0 Å². The first-order chi connectivity index (χ1) is 12.6. The van der Waals surface area contributed by atoms with Crippen LogP contribution in [0.25, 0.3) is 0 Å². The average Bonchev–Trinajstić information content (AvgIpc) is 2.67. The van der Waals surface area contributed by atoms with Crippen LogP contribution in [-0.2, 0) is 15.1 Å². The first-order valence-corrected chi connectivity index (χ1v) is 9.78. The lowest BCUT2D eigenvalue weighted by molar-refractivity contribution is -0.179. The van der Waals surface area contributed by atoms with Gasteiger partial charge in [0.15, 0.2) is 0 Å². The molecule has 1 aromatic heterocycles. The van der Waals surface area contributed by atoms with Crippen molar-refractivity contribution in [2.24, 2.45) is 17.6 Å². The Bertz CT molecular complexity index is 652. The first-order valence-electron chi connectivity index (χ1n) is 9.78. The molecule has 3 fully saturated rings. The lowest BCUT2D eigenvalue weighted by Crippen LogP contribution is -2.61. The summed E-state index contributed by atoms with van der Waals surface area (Å²) in [5.74, 6) is 0.329. The van der Waals surface area contributed by atoms with Crippen LogP contribution in [-0.4, -0.2) is 55.2 Å². The number of aromatic nitrogens is 1. The fourth-order valence-electron chi connectivity index (χ4n) is 5.51. The van der Waals surface area contributed by atoms with Crippen LogP contribution >= 0.6 is 12.4 Å². The highest BCUT2D eigenvalue weighted by molar-refractivity contribution is 5.90. The van der Waals surface area contributed by atoms with E-state index in [9.17, 15) is 4.79 Å². The zero-order valence-corrected chi connectivity index (χ0v) is 16.7. The van der Waals surface area contributed by atoms with Crippen LogP contribution in [0, 0.1) is 11.8 Å². The zero-order valence-electron chi connectivity index (χ0n) is 15.9. The van der Waals surface area contributed by atoms with Crippen molar-refractivity contribution in [1.82, 2.24) is 9.88 Å². The maximum Gasteiger partial charge on any atom is 0.267 e. The Kier molecular flexibility index (Phi) is 6.41. The van der Waals surface area contributed by atoms with Gasteiger partial charge in [-0.2, -0.15) is 0 Å². The molecule has 1 aliphatic carbocycles. The highest BCUT2D eigenvalue weighted by atomic mass is 35.5. The van der Waals surface area contributed by atoms with Gasteiger partial charge in [0.25, 0.3) is 5.91 Å². The van der Waals surface area contributed by atoms with Crippen molar-refractivity contribution in [3.63, 3.8) is 0 Å². The van der Waals surface area contributed by atoms with Crippen molar-refractivity contribution in [1.29, 1.82) is 0 Å². The molecule has 1 amide bonds. The highest BCUT2D eigenvalue weighted by Gasteiger charge is 2.54. The number of carbonyl (C=O) groups is 1. The maximum atomic E-state index is 11.6. The number of carbonyl (C=O) groups excluding carboxylic acids is 1. The average molecular weight is 396 g/mol. The molecule has 2 aliphatic heterocycles. The van der Waals surface area contributed by atoms with E-state index in [1.54, 1.807) is 6.20 Å². The number of nitrogens with two attached hydrogens (primary N) is 1. The summed E-state index contributed by atoms with van der Waals surface area (Å²) < 4.78 is 12.0. The number of fused-ring (bicyclic) bond motifs is 2. The molecule has 2 N–H and O–H groups in total. The fourth-order valence-corrected chi connectivity index (χ4v) is 5.51. The number of rotatable bonds is 4. The SMILES string of the molecule is CO[C@@]1(c2ccnc(C(N)=O)c2)[C@@H]2CCC[C@H]1CN(C1CCCOC1)C2.Cl. The molecule has 4 atom stereocenters. The van der Waals surface area contributed by atoms with Crippen molar-refractivity contribution < 1.29 is 14.3 Å². The van der Waals surface area contributed by atoms with E-state index in [0.29, 0.717) is 23.6 Å². The number of pyridine rings is 1. The number of primary amides is 1. The zero-order chi connectivity index (χ0) is 18.1. The van der Waals surface area contributed by atoms with Crippen molar-refractivity contribution in [2.45, 2.75) is 43.7 Å². The molecule has 2 saturated heterocycles. The molecule has 7 heteroatoms. The van der Waals surface area contributed by atoms with E-state index in [0.717, 1.165) is 51.1 Å². The summed E-state index contributed by atoms with van der Waals surface area (Å²) in [6, 6.07) is 4.37. The molecule has 3 aliphatic rings. The predicted octanol–water partition coefficient (Wildman–Crippen LogP) is 2.35. The number of methoxy groups -OCH3 is 1. The summed E-state index contributed by atoms with van der Waals surface area (Å²) in [6.07, 6.45) is 7.58. The monoisotopic (exact) mass is 395 g/mol. The Labute approximate surface area is 167 Å². The van der Waals surface area contributed by atoms with E-state index in [2.05, 4.69) is 9.88 Å². The molecule has 0 aromatic carbocycles. The number of hydrogen-bond acceptors (Lipinski definition) is 5. The van der Waals surface area contributed by atoms with Crippen molar-refractivity contribution in [3.8, 4) is 0 Å². The highest BCUT2D eigenvalue weighted by Crippen LogP contribution is 2.52. The number of halogens is 1. The van der Waals surface area contributed by atoms with E-state index in [-0.39, 0.29) is 18.0 Å². The number of piperidine rings is 1. The Balaban J connectivity index is 0.00000210. The molecule has 2 bridgehead atoms. The summed E-state index contributed by atoms with van der Waals surface area (Å²) in [5.41, 5.74) is 6.49. The summed E-state index contributed by atoms with van der Waals surface area (Å²) in [4.78, 5) is 18.4. The molecule has 0 spiro atoms. The molecule has 1 saturated carbocycles. The van der Waals surface area contributed by atoms with Crippen LogP contribution in [0.5, 0.6) is 0 Å². The van der Waals surface area contributed by atoms with Gasteiger partial charge in [0.05, 0.1) is 6.61 Å². The Morgan fingerprint density at radius 2 is 2.04 bits per heavy atom. The Morgan fingerprint density at radius 3 is 2.63 bits per heavy atom. The molecule has 150 valence electrons. The molecule has 4 rings (SSSR count). The van der Waals surface area contributed by atoms with Gasteiger partial charge in [0.1, 0.15) is 11.3 Å². The van der Waals surface area contributed by atoms with Crippen LogP contribution in [0.1, 0.15) is 48.2 Å². The van der Waals surface area contributed by atoms with Crippen LogP contribution in [0.4, 0.5) is 0 Å². The summed E-state index contributed by atoms with van der Waals surface area (Å²) in [5, 5.41) is 0. The number of nitrogens with zero attached hydrogens (tertiary/aromatic N) is 2. The third-order valence-electron chi connectivity index (χ3n) is 6.68. The van der Waals surface area contributed by atoms with Gasteiger partial charge in [-0.05, 0) is 43.4 Å². The molecular formula is C20H30ClN3O3. The minimum absolute atomic E-state index is 0. The summed E-state index contributed by atoms with van der Waals surface area (Å²) in [6.45, 7) is 3.78. The van der Waals surface area contributed by atoms with Crippen molar-refractivity contribution in [3.05, 3.63) is 29.6 Å². The largest absolute Gasteiger partial charge is 0.380 e. The lowest BCUT2D eigenvalue weighted by atomic mass is 9.62. The van der Waals surface area contributed by atoms with Gasteiger partial charge < -0.3 is 15.2 Å². The van der Waals surface area contributed by atoms with Crippen LogP contribution < -0.4 is 5.73 Å². The topological polar surface area (TPSA) is 77.7 Å². The lowest BCUT2D eigenvalue weighted by Gasteiger charge is -2.57. The van der Waals surface area contributed by atoms with Crippen LogP contribution in [0.2, 0.25) is 0 Å². The summed E-state index contributed by atoms with van der Waals surface area (Å²) >= 11 is 0. The molecule has 1 unspecified atom stereocenters. The van der Waals surface area contributed by atoms with E-state index in [1.165, 1.54) is 12.8 Å². The van der Waals surface area contributed by atoms with Gasteiger partial charge in [0, 0.05) is 50.9 Å². The van der Waals surface area contributed by atoms with Gasteiger partial charge in [-0.15, -0.1) is 12.4 Å². The second kappa shape index (κ2) is 8.43. The Hall–Kier alpha value is -1.21. The maximum absolute atomic E-state index is 11.6. The number of hydrogen-bond donors (Lipinski definition) is 1. The van der Waals surface area contributed by atoms with Crippen LogP contribution in [0.15, 0.2) is 18.3 Å². The molecular weight excluding hydrogens is 366 g/mol. The van der Waals surface area contributed by atoms with Gasteiger partial charge >= 0.3 is 0 Å². The van der Waals surface area contributed by atoms with Gasteiger partial charge in [-0.25, -0.2) is 0 Å². The van der Waals surface area contributed by atoms with Gasteiger partial charge in [-0.3, -0.25) is 14.7 Å². The van der Waals surface area contributed by atoms with Crippen molar-refractivity contribution in [2.75, 3.05) is 33.4 Å². The molecule has 27 heavy (non-hydrogen) atoms. The van der Waals surface area contributed by atoms with E-state index in [4.69, 9.17) is 15.2 Å². The number of likely N-dealkylation sites (tertiary alicyclic amines) is 1. The normalized spacial score (nSPS) is 33.9. The minimum atomic E-state index is -0.486. The van der Waals surface area contributed by atoms with E-state index >= 15 is 0 Å². The number of amides is 1. The quantitative estimate of drug-likeness (QED) is 0.846. The standard InChI is InChI=1S/C20H29N3O3.ClH/c1-25-20(14-7-8-22-18(10-14)19(21)24)15-4-2-5-16(20)12-23(11-15)17-6-3-9-26-13-17;/h7-8,10,15-17H,2-6,9,11-13H2,1H3,(H2,21,24);1H/t15-,16+,17?,20+;. The molecule has 3 heterocycles.